The van der Waals surface area contributed by atoms with Crippen LogP contribution in [0.4, 0.5) is 0 Å². The van der Waals surface area contributed by atoms with Gasteiger partial charge in [0, 0.05) is 27.2 Å². The molecule has 1 aliphatic carbocycles. The van der Waals surface area contributed by atoms with Crippen LogP contribution >= 0.6 is 15.9 Å². The van der Waals surface area contributed by atoms with Crippen LogP contribution in [0.25, 0.3) is 27.3 Å². The molecule has 112 valence electrons. The third-order valence-electron chi connectivity index (χ3n) is 4.55. The van der Waals surface area contributed by atoms with Gasteiger partial charge in [-0.2, -0.15) is 0 Å². The maximum absolute atomic E-state index is 6.34. The van der Waals surface area contributed by atoms with Gasteiger partial charge in [-0.15, -0.1) is 0 Å². The Morgan fingerprint density at radius 2 is 1.95 bits per heavy atom. The molecule has 0 saturated carbocycles. The second kappa shape index (κ2) is 5.27. The first-order chi connectivity index (χ1) is 10.7. The molecule has 0 fully saturated rings. The molecule has 2 heteroatoms. The molecule has 0 saturated heterocycles. The molecule has 1 aromatic heterocycles. The van der Waals surface area contributed by atoms with Crippen molar-refractivity contribution >= 4 is 43.2 Å². The number of rotatable bonds is 2. The summed E-state index contributed by atoms with van der Waals surface area (Å²) < 4.78 is 7.49. The second-order valence-corrected chi connectivity index (χ2v) is 7.16. The van der Waals surface area contributed by atoms with Gasteiger partial charge in [0.2, 0.25) is 0 Å². The number of halogens is 1. The predicted molar refractivity (Wildman–Crippen MR) is 97.2 cm³/mol. The Morgan fingerprint density at radius 3 is 2.73 bits per heavy atom. The van der Waals surface area contributed by atoms with Gasteiger partial charge in [0.25, 0.3) is 0 Å². The smallest absolute Gasteiger partial charge is 0.142 e. The van der Waals surface area contributed by atoms with Crippen molar-refractivity contribution in [3.63, 3.8) is 0 Å². The summed E-state index contributed by atoms with van der Waals surface area (Å²) in [6, 6.07) is 10.7. The lowest BCUT2D eigenvalue weighted by atomic mass is 9.86. The van der Waals surface area contributed by atoms with Crippen LogP contribution in [0, 0.1) is 5.92 Å². The van der Waals surface area contributed by atoms with Crippen LogP contribution in [0.15, 0.2) is 45.3 Å². The number of benzene rings is 2. The molecule has 0 radical (unpaired) electrons. The molecule has 1 aliphatic rings. The van der Waals surface area contributed by atoms with E-state index in [0.717, 1.165) is 28.7 Å². The molecule has 1 nitrogen and oxygen atoms in total. The fraction of sp³-hybridized carbons (Fsp3) is 0.300. The van der Waals surface area contributed by atoms with Crippen molar-refractivity contribution in [2.75, 3.05) is 0 Å². The van der Waals surface area contributed by atoms with E-state index < -0.39 is 0 Å². The van der Waals surface area contributed by atoms with E-state index in [1.165, 1.54) is 33.7 Å². The fourth-order valence-corrected chi connectivity index (χ4v) is 4.25. The summed E-state index contributed by atoms with van der Waals surface area (Å²) in [5.74, 6) is 1.72. The highest BCUT2D eigenvalue weighted by Crippen LogP contribution is 2.43. The molecular formula is C20H19BrO. The quantitative estimate of drug-likeness (QED) is 0.497. The Morgan fingerprint density at radius 1 is 1.18 bits per heavy atom. The van der Waals surface area contributed by atoms with Crippen molar-refractivity contribution in [3.05, 3.63) is 52.2 Å². The molecule has 0 amide bonds. The van der Waals surface area contributed by atoms with Gasteiger partial charge in [-0.1, -0.05) is 66.5 Å². The van der Waals surface area contributed by atoms with Crippen LogP contribution < -0.4 is 0 Å². The standard InChI is InChI=1S/C20H19BrO/c1-3-6-13-9-12(2)10-18-19(13)16-11-17(21)14-7-4-5-8-15(14)20(16)22-18/h4-5,7-9,11-12H,3,6,10H2,1-2H3. The zero-order valence-corrected chi connectivity index (χ0v) is 14.5. The molecule has 1 heterocycles. The molecular weight excluding hydrogens is 336 g/mol. The van der Waals surface area contributed by atoms with Crippen molar-refractivity contribution in [1.82, 2.24) is 0 Å². The lowest BCUT2D eigenvalue weighted by Gasteiger charge is -2.17. The first kappa shape index (κ1) is 14.1. The maximum atomic E-state index is 6.34. The first-order valence-electron chi connectivity index (χ1n) is 8.02. The van der Waals surface area contributed by atoms with Crippen molar-refractivity contribution in [1.29, 1.82) is 0 Å². The van der Waals surface area contributed by atoms with Crippen LogP contribution in [0.5, 0.6) is 0 Å². The molecule has 1 unspecified atom stereocenters. The van der Waals surface area contributed by atoms with Gasteiger partial charge in [0.05, 0.1) is 0 Å². The molecule has 0 spiro atoms. The van der Waals surface area contributed by atoms with Crippen molar-refractivity contribution in [2.45, 2.75) is 33.1 Å². The SMILES string of the molecule is CCCC1=CC(C)Cc2oc3c(cc(Br)c4ccccc43)c21. The average molecular weight is 355 g/mol. The summed E-state index contributed by atoms with van der Waals surface area (Å²) in [7, 11) is 0. The third kappa shape index (κ3) is 2.04. The minimum absolute atomic E-state index is 0.560. The van der Waals surface area contributed by atoms with Gasteiger partial charge < -0.3 is 4.42 Å². The number of hydrogen-bond acceptors (Lipinski definition) is 1. The Kier molecular flexibility index (Phi) is 3.37. The van der Waals surface area contributed by atoms with Crippen LogP contribution in [0.3, 0.4) is 0 Å². The van der Waals surface area contributed by atoms with E-state index >= 15 is 0 Å². The molecule has 0 bridgehead atoms. The summed E-state index contributed by atoms with van der Waals surface area (Å²) in [6.45, 7) is 4.52. The van der Waals surface area contributed by atoms with E-state index in [2.05, 4.69) is 66.2 Å². The highest BCUT2D eigenvalue weighted by molar-refractivity contribution is 9.10. The summed E-state index contributed by atoms with van der Waals surface area (Å²) in [5.41, 5.74) is 3.85. The highest BCUT2D eigenvalue weighted by Gasteiger charge is 2.24. The van der Waals surface area contributed by atoms with Gasteiger partial charge in [-0.25, -0.2) is 0 Å². The zero-order chi connectivity index (χ0) is 15.3. The van der Waals surface area contributed by atoms with E-state index in [1.54, 1.807) is 0 Å². The minimum atomic E-state index is 0.560. The average Bonchev–Trinajstić information content (AvgIpc) is 2.86. The molecule has 0 N–H and O–H groups in total. The summed E-state index contributed by atoms with van der Waals surface area (Å²) in [5, 5.41) is 3.67. The normalized spacial score (nSPS) is 17.8. The van der Waals surface area contributed by atoms with E-state index in [1.807, 2.05) is 0 Å². The number of hydrogen-bond donors (Lipinski definition) is 0. The van der Waals surface area contributed by atoms with Gasteiger partial charge in [-0.3, -0.25) is 0 Å². The topological polar surface area (TPSA) is 13.1 Å². The molecule has 0 aliphatic heterocycles. The van der Waals surface area contributed by atoms with Gasteiger partial charge in [0.15, 0.2) is 0 Å². The van der Waals surface area contributed by atoms with Crippen LogP contribution in [0.1, 0.15) is 38.0 Å². The highest BCUT2D eigenvalue weighted by atomic mass is 79.9. The lowest BCUT2D eigenvalue weighted by molar-refractivity contribution is 0.512. The Balaban J connectivity index is 2.09. The molecule has 4 rings (SSSR count). The van der Waals surface area contributed by atoms with E-state index in [4.69, 9.17) is 4.42 Å². The number of fused-ring (bicyclic) bond motifs is 5. The van der Waals surface area contributed by atoms with Crippen LogP contribution in [-0.2, 0) is 6.42 Å². The van der Waals surface area contributed by atoms with E-state index in [9.17, 15) is 0 Å². The van der Waals surface area contributed by atoms with Gasteiger partial charge >= 0.3 is 0 Å². The van der Waals surface area contributed by atoms with E-state index in [0.29, 0.717) is 5.92 Å². The Hall–Kier alpha value is -1.54. The summed E-state index contributed by atoms with van der Waals surface area (Å²) in [4.78, 5) is 0. The second-order valence-electron chi connectivity index (χ2n) is 6.30. The predicted octanol–water partition coefficient (Wildman–Crippen LogP) is 6.72. The maximum Gasteiger partial charge on any atom is 0.142 e. The zero-order valence-electron chi connectivity index (χ0n) is 12.9. The summed E-state index contributed by atoms with van der Waals surface area (Å²) in [6.07, 6.45) is 5.73. The Bertz CT molecular complexity index is 901. The molecule has 1 atom stereocenters. The number of allylic oxidation sites excluding steroid dienone is 2. The first-order valence-corrected chi connectivity index (χ1v) is 8.82. The summed E-state index contributed by atoms with van der Waals surface area (Å²) >= 11 is 3.74. The van der Waals surface area contributed by atoms with Gasteiger partial charge in [0.1, 0.15) is 11.3 Å². The number of furan rings is 1. The molecule has 22 heavy (non-hydrogen) atoms. The van der Waals surface area contributed by atoms with Crippen LogP contribution in [-0.4, -0.2) is 0 Å². The molecule has 3 aromatic rings. The van der Waals surface area contributed by atoms with E-state index in [-0.39, 0.29) is 0 Å². The molecule has 2 aromatic carbocycles. The monoisotopic (exact) mass is 354 g/mol. The van der Waals surface area contributed by atoms with Crippen molar-refractivity contribution in [2.24, 2.45) is 5.92 Å². The van der Waals surface area contributed by atoms with Gasteiger partial charge in [-0.05, 0) is 29.4 Å². The minimum Gasteiger partial charge on any atom is -0.460 e. The fourth-order valence-electron chi connectivity index (χ4n) is 3.68. The van der Waals surface area contributed by atoms with Crippen LogP contribution in [0.2, 0.25) is 0 Å². The lowest BCUT2D eigenvalue weighted by Crippen LogP contribution is -2.05. The van der Waals surface area contributed by atoms with Crippen molar-refractivity contribution in [3.8, 4) is 0 Å². The Labute approximate surface area is 139 Å². The third-order valence-corrected chi connectivity index (χ3v) is 5.21. The largest absolute Gasteiger partial charge is 0.460 e. The van der Waals surface area contributed by atoms with Crippen molar-refractivity contribution < 1.29 is 4.42 Å².